The molecule has 1 aliphatic heterocycles. The van der Waals surface area contributed by atoms with Crippen LogP contribution in [0.2, 0.25) is 0 Å². The van der Waals surface area contributed by atoms with E-state index in [9.17, 15) is 4.79 Å². The Hall–Kier alpha value is -1.95. The van der Waals surface area contributed by atoms with E-state index in [1.165, 1.54) is 0 Å². The van der Waals surface area contributed by atoms with E-state index in [0.29, 0.717) is 24.7 Å². The van der Waals surface area contributed by atoms with Gasteiger partial charge in [0.15, 0.2) is 17.6 Å². The number of cyclic esters (lactones) is 1. The topological polar surface area (TPSA) is 91.8 Å². The molecule has 0 aliphatic carbocycles. The lowest BCUT2D eigenvalue weighted by molar-refractivity contribution is 0.103. The smallest absolute Gasteiger partial charge is 0.407 e. The number of benzene rings is 1. The predicted molar refractivity (Wildman–Crippen MR) is 61.8 cm³/mol. The van der Waals surface area contributed by atoms with Crippen LogP contribution < -0.4 is 20.9 Å². The molecule has 0 spiro atoms. The fourth-order valence-electron chi connectivity index (χ4n) is 1.45. The summed E-state index contributed by atoms with van der Waals surface area (Å²) in [6.07, 6.45) is -0.633. The van der Waals surface area contributed by atoms with Crippen LogP contribution in [0.5, 0.6) is 11.5 Å². The fraction of sp³-hybridized carbons (Fsp3) is 0.364. The van der Waals surface area contributed by atoms with Crippen LogP contribution in [-0.4, -0.2) is 32.5 Å². The zero-order valence-electron chi connectivity index (χ0n) is 9.64. The number of amides is 1. The maximum atomic E-state index is 10.8. The van der Waals surface area contributed by atoms with Crippen molar-refractivity contribution in [3.05, 3.63) is 24.3 Å². The van der Waals surface area contributed by atoms with Crippen molar-refractivity contribution in [3.63, 3.8) is 0 Å². The largest absolute Gasteiger partial charge is 0.493 e. The van der Waals surface area contributed by atoms with Crippen molar-refractivity contribution in [1.82, 2.24) is 11.5 Å². The van der Waals surface area contributed by atoms with E-state index >= 15 is 0 Å². The molecule has 1 saturated heterocycles. The van der Waals surface area contributed by atoms with E-state index in [4.69, 9.17) is 14.2 Å². The molecule has 1 atom stereocenters. The molecule has 2 rings (SSSR count). The van der Waals surface area contributed by atoms with Gasteiger partial charge in [-0.25, -0.2) is 4.79 Å². The molecule has 1 aromatic rings. The third kappa shape index (κ3) is 3.25. The predicted octanol–water partition coefficient (Wildman–Crippen LogP) is 1.34. The molecule has 0 bridgehead atoms. The van der Waals surface area contributed by atoms with Crippen LogP contribution in [0, 0.1) is 0 Å². The molecule has 1 aliphatic rings. The van der Waals surface area contributed by atoms with Crippen LogP contribution in [-0.2, 0) is 4.74 Å². The lowest BCUT2D eigenvalue weighted by atomic mass is 10.3. The van der Waals surface area contributed by atoms with Crippen molar-refractivity contribution in [3.8, 4) is 11.5 Å². The van der Waals surface area contributed by atoms with Crippen molar-refractivity contribution in [1.29, 1.82) is 0 Å². The Kier molecular flexibility index (Phi) is 4.59. The van der Waals surface area contributed by atoms with Gasteiger partial charge >= 0.3 is 6.09 Å². The Morgan fingerprint density at radius 1 is 1.41 bits per heavy atom. The number of carbonyl (C=O) groups is 1. The summed E-state index contributed by atoms with van der Waals surface area (Å²) in [4.78, 5) is 10.8. The highest BCUT2D eigenvalue weighted by molar-refractivity contribution is 5.69. The number of methoxy groups -OCH3 is 1. The summed E-state index contributed by atoms with van der Waals surface area (Å²) >= 11 is 0. The summed E-state index contributed by atoms with van der Waals surface area (Å²) in [5.74, 6) is 1.31. The summed E-state index contributed by atoms with van der Waals surface area (Å²) in [5.41, 5.74) is 0. The molecular weight excluding hydrogens is 224 g/mol. The molecule has 17 heavy (non-hydrogen) atoms. The Morgan fingerprint density at radius 2 is 2.12 bits per heavy atom. The normalized spacial score (nSPS) is 17.7. The molecule has 1 heterocycles. The third-order valence-electron chi connectivity index (χ3n) is 2.24. The van der Waals surface area contributed by atoms with E-state index in [-0.39, 0.29) is 12.3 Å². The number of alkyl carbamates (subject to hydrolysis) is 1. The Balaban J connectivity index is 0.00000144. The Bertz CT molecular complexity index is 383. The van der Waals surface area contributed by atoms with Gasteiger partial charge in [-0.05, 0) is 12.1 Å². The van der Waals surface area contributed by atoms with E-state index in [0.717, 1.165) is 0 Å². The number of hydrogen-bond acceptors (Lipinski definition) is 5. The molecule has 1 amide bonds. The van der Waals surface area contributed by atoms with Crippen molar-refractivity contribution in [2.24, 2.45) is 0 Å². The minimum absolute atomic E-state index is 0. The molecular formula is C11H16N2O4. The Morgan fingerprint density at radius 3 is 2.71 bits per heavy atom. The Labute approximate surface area is 99.4 Å². The van der Waals surface area contributed by atoms with Crippen molar-refractivity contribution >= 4 is 6.09 Å². The average molecular weight is 240 g/mol. The second-order valence-electron chi connectivity index (χ2n) is 3.37. The first kappa shape index (κ1) is 13.1. The first-order valence-corrected chi connectivity index (χ1v) is 5.00. The minimum Gasteiger partial charge on any atom is -0.493 e. The van der Waals surface area contributed by atoms with Crippen molar-refractivity contribution < 1.29 is 19.0 Å². The van der Waals surface area contributed by atoms with Gasteiger partial charge in [-0.3, -0.25) is 0 Å². The van der Waals surface area contributed by atoms with Crippen molar-refractivity contribution in [2.45, 2.75) is 6.10 Å². The number of nitrogens with one attached hydrogen (secondary N) is 1. The minimum atomic E-state index is -0.395. The molecule has 0 aromatic heterocycles. The molecule has 0 radical (unpaired) electrons. The molecule has 6 nitrogen and oxygen atoms in total. The van der Waals surface area contributed by atoms with Gasteiger partial charge in [-0.2, -0.15) is 0 Å². The zero-order valence-corrected chi connectivity index (χ0v) is 9.64. The highest BCUT2D eigenvalue weighted by Gasteiger charge is 2.23. The molecule has 94 valence electrons. The molecule has 6 heteroatoms. The van der Waals surface area contributed by atoms with E-state index in [2.05, 4.69) is 5.32 Å². The molecule has 4 N–H and O–H groups in total. The van der Waals surface area contributed by atoms with Gasteiger partial charge in [0.25, 0.3) is 0 Å². The lowest BCUT2D eigenvalue weighted by Gasteiger charge is -2.12. The summed E-state index contributed by atoms with van der Waals surface area (Å²) in [6, 6.07) is 7.34. The standard InChI is InChI=1S/C11H13NO4.H3N/c1-14-9-4-2-3-5-10(9)15-7-8-6-12-11(13)16-8;/h2-5,8H,6-7H2,1H3,(H,12,13);1H3. The summed E-state index contributed by atoms with van der Waals surface area (Å²) in [6.45, 7) is 0.799. The number of para-hydroxylation sites is 2. The van der Waals surface area contributed by atoms with E-state index in [1.807, 2.05) is 24.3 Å². The fourth-order valence-corrected chi connectivity index (χ4v) is 1.45. The van der Waals surface area contributed by atoms with Crippen LogP contribution in [0.1, 0.15) is 0 Å². The quantitative estimate of drug-likeness (QED) is 0.828. The molecule has 1 unspecified atom stereocenters. The van der Waals surface area contributed by atoms with Gasteiger partial charge in [0.2, 0.25) is 0 Å². The highest BCUT2D eigenvalue weighted by atomic mass is 16.6. The van der Waals surface area contributed by atoms with Gasteiger partial charge in [-0.1, -0.05) is 12.1 Å². The van der Waals surface area contributed by atoms with Crippen LogP contribution >= 0.6 is 0 Å². The maximum Gasteiger partial charge on any atom is 0.407 e. The molecule has 0 saturated carbocycles. The zero-order chi connectivity index (χ0) is 11.4. The van der Waals surface area contributed by atoms with Gasteiger partial charge in [0.05, 0.1) is 13.7 Å². The average Bonchev–Trinajstić information content (AvgIpc) is 2.73. The number of hydrogen-bond donors (Lipinski definition) is 2. The summed E-state index contributed by atoms with van der Waals surface area (Å²) in [5, 5.41) is 2.56. The second-order valence-corrected chi connectivity index (χ2v) is 3.37. The monoisotopic (exact) mass is 240 g/mol. The SMILES string of the molecule is COc1ccccc1OCC1CNC(=O)O1.N. The second kappa shape index (κ2) is 5.95. The van der Waals surface area contributed by atoms with Crippen LogP contribution in [0.4, 0.5) is 4.79 Å². The van der Waals surface area contributed by atoms with Gasteiger partial charge in [0, 0.05) is 0 Å². The first-order chi connectivity index (χ1) is 7.79. The van der Waals surface area contributed by atoms with Crippen molar-refractivity contribution in [2.75, 3.05) is 20.3 Å². The molecule has 1 fully saturated rings. The third-order valence-corrected chi connectivity index (χ3v) is 2.24. The highest BCUT2D eigenvalue weighted by Crippen LogP contribution is 2.25. The first-order valence-electron chi connectivity index (χ1n) is 5.00. The van der Waals surface area contributed by atoms with Crippen LogP contribution in [0.25, 0.3) is 0 Å². The van der Waals surface area contributed by atoms with Gasteiger partial charge in [0.1, 0.15) is 6.61 Å². The number of carbonyl (C=O) groups excluding carboxylic acids is 1. The van der Waals surface area contributed by atoms with Gasteiger partial charge in [-0.15, -0.1) is 0 Å². The number of rotatable bonds is 4. The van der Waals surface area contributed by atoms with E-state index in [1.54, 1.807) is 7.11 Å². The summed E-state index contributed by atoms with van der Waals surface area (Å²) in [7, 11) is 1.58. The molecule has 1 aromatic carbocycles. The number of ether oxygens (including phenoxy) is 3. The summed E-state index contributed by atoms with van der Waals surface area (Å²) < 4.78 is 15.6. The van der Waals surface area contributed by atoms with Crippen LogP contribution in [0.15, 0.2) is 24.3 Å². The van der Waals surface area contributed by atoms with E-state index < -0.39 is 6.09 Å². The van der Waals surface area contributed by atoms with Gasteiger partial charge < -0.3 is 25.7 Å². The maximum absolute atomic E-state index is 10.8. The van der Waals surface area contributed by atoms with Crippen LogP contribution in [0.3, 0.4) is 0 Å². The lowest BCUT2D eigenvalue weighted by Crippen LogP contribution is -2.22.